The first kappa shape index (κ1) is 33.2. The molecule has 11 N–H and O–H groups in total. The van der Waals surface area contributed by atoms with Crippen molar-refractivity contribution < 1.29 is 19.2 Å². The Labute approximate surface area is 226 Å². The van der Waals surface area contributed by atoms with Gasteiger partial charge >= 0.3 is 0 Å². The lowest BCUT2D eigenvalue weighted by molar-refractivity contribution is -0.132. The van der Waals surface area contributed by atoms with E-state index < -0.39 is 41.9 Å². The Balaban J connectivity index is 2.99. The minimum atomic E-state index is -0.951. The lowest BCUT2D eigenvalue weighted by Gasteiger charge is -2.25. The summed E-state index contributed by atoms with van der Waals surface area (Å²) in [7, 11) is 0. The molecule has 11 nitrogen and oxygen atoms in total. The zero-order valence-corrected chi connectivity index (χ0v) is 22.3. The molecule has 0 saturated heterocycles. The summed E-state index contributed by atoms with van der Waals surface area (Å²) in [6.07, 6.45) is 7.34. The average molecular weight is 533 g/mol. The molecule has 0 aliphatic rings. The summed E-state index contributed by atoms with van der Waals surface area (Å²) in [4.78, 5) is 50.6. The lowest BCUT2D eigenvalue weighted by Crippen LogP contribution is -2.57. The van der Waals surface area contributed by atoms with E-state index in [0.717, 1.165) is 18.4 Å². The smallest absolute Gasteiger partial charge is 0.243 e. The Morgan fingerprint density at radius 3 is 1.79 bits per heavy atom. The second-order valence-electron chi connectivity index (χ2n) is 9.45. The standard InChI is InChI=1S/C27H46N7O4/c28-15-7-4-12-21(19-35)32-26(37)23(14-6-9-17-30)33-27(38)24(18-20-10-2-1-3-11-20)34-25(36)22(31)13-5-8-16-29/h1-3,10-11,21-24H,4-9,12-18,28-31H2,(H,32,37)(H,33,38)(H,34,36)/t21-,22-,23-,24-/m0/s1. The maximum atomic E-state index is 13.4. The van der Waals surface area contributed by atoms with Gasteiger partial charge in [0.2, 0.25) is 24.0 Å². The molecule has 213 valence electrons. The molecule has 0 bridgehead atoms. The molecule has 1 aromatic carbocycles. The quantitative estimate of drug-likeness (QED) is 0.102. The Morgan fingerprint density at radius 2 is 1.21 bits per heavy atom. The maximum absolute atomic E-state index is 13.4. The Bertz CT molecular complexity index is 825. The molecule has 0 heterocycles. The molecule has 0 aliphatic heterocycles. The van der Waals surface area contributed by atoms with E-state index >= 15 is 0 Å². The van der Waals surface area contributed by atoms with Crippen LogP contribution in [0.3, 0.4) is 0 Å². The van der Waals surface area contributed by atoms with E-state index in [0.29, 0.717) is 64.6 Å². The van der Waals surface area contributed by atoms with Gasteiger partial charge in [0.05, 0.1) is 12.1 Å². The van der Waals surface area contributed by atoms with Crippen molar-refractivity contribution in [3.63, 3.8) is 0 Å². The van der Waals surface area contributed by atoms with Crippen molar-refractivity contribution in [1.82, 2.24) is 16.0 Å². The Morgan fingerprint density at radius 1 is 0.684 bits per heavy atom. The summed E-state index contributed by atoms with van der Waals surface area (Å²) in [6.45, 7) is 1.44. The fourth-order valence-corrected chi connectivity index (χ4v) is 3.94. The number of nitrogens with two attached hydrogens (primary N) is 4. The van der Waals surface area contributed by atoms with Gasteiger partial charge in [-0.1, -0.05) is 36.8 Å². The van der Waals surface area contributed by atoms with Gasteiger partial charge in [-0.3, -0.25) is 19.2 Å². The number of carbonyl (C=O) groups excluding carboxylic acids is 4. The van der Waals surface area contributed by atoms with Crippen molar-refractivity contribution in [3.8, 4) is 0 Å². The van der Waals surface area contributed by atoms with Crippen LogP contribution in [0.25, 0.3) is 0 Å². The zero-order chi connectivity index (χ0) is 28.2. The van der Waals surface area contributed by atoms with E-state index in [9.17, 15) is 19.2 Å². The first-order valence-electron chi connectivity index (χ1n) is 13.5. The third kappa shape index (κ3) is 13.6. The SMILES string of the molecule is NCCCC[C@@H]([C]=O)NC(=O)[C@H](CCCCN)NC(=O)[C@H](Cc1ccccc1)NC(=O)[C@@H](N)CCCCN. The van der Waals surface area contributed by atoms with Crippen molar-refractivity contribution >= 4 is 24.0 Å². The minimum Gasteiger partial charge on any atom is -0.344 e. The van der Waals surface area contributed by atoms with Crippen molar-refractivity contribution in [2.45, 2.75) is 88.4 Å². The fraction of sp³-hybridized carbons (Fsp3) is 0.630. The summed E-state index contributed by atoms with van der Waals surface area (Å²) >= 11 is 0. The van der Waals surface area contributed by atoms with Gasteiger partial charge in [-0.05, 0) is 76.6 Å². The molecule has 3 amide bonds. The third-order valence-corrected chi connectivity index (χ3v) is 6.21. The second kappa shape index (κ2) is 20.1. The van der Waals surface area contributed by atoms with Crippen LogP contribution in [0.15, 0.2) is 30.3 Å². The highest BCUT2D eigenvalue weighted by molar-refractivity contribution is 5.93. The molecule has 11 heteroatoms. The predicted octanol–water partition coefficient (Wildman–Crippen LogP) is -0.492. The molecule has 0 saturated carbocycles. The van der Waals surface area contributed by atoms with E-state index in [-0.39, 0.29) is 6.42 Å². The first-order chi connectivity index (χ1) is 18.4. The topological polar surface area (TPSA) is 208 Å². The minimum absolute atomic E-state index is 0.217. The highest BCUT2D eigenvalue weighted by Crippen LogP contribution is 2.08. The third-order valence-electron chi connectivity index (χ3n) is 6.21. The normalized spacial score (nSPS) is 14.1. The summed E-state index contributed by atoms with van der Waals surface area (Å²) in [5.41, 5.74) is 23.5. The van der Waals surface area contributed by atoms with E-state index in [2.05, 4.69) is 16.0 Å². The van der Waals surface area contributed by atoms with Gasteiger partial charge in [0, 0.05) is 6.42 Å². The number of rotatable bonds is 21. The molecule has 1 aromatic rings. The van der Waals surface area contributed by atoms with Crippen molar-refractivity contribution in [3.05, 3.63) is 35.9 Å². The monoisotopic (exact) mass is 532 g/mol. The molecule has 4 atom stereocenters. The summed E-state index contributed by atoms with van der Waals surface area (Å²) < 4.78 is 0. The van der Waals surface area contributed by atoms with E-state index in [1.807, 2.05) is 36.6 Å². The Kier molecular flexibility index (Phi) is 17.6. The summed E-state index contributed by atoms with van der Waals surface area (Å²) in [5.74, 6) is -1.45. The molecule has 1 radical (unpaired) electrons. The van der Waals surface area contributed by atoms with Gasteiger partial charge in [0.15, 0.2) is 0 Å². The number of carbonyl (C=O) groups is 3. The number of unbranched alkanes of at least 4 members (excludes halogenated alkanes) is 3. The molecule has 0 aromatic heterocycles. The van der Waals surface area contributed by atoms with Crippen LogP contribution in [-0.4, -0.2) is 67.8 Å². The summed E-state index contributed by atoms with van der Waals surface area (Å²) in [6, 6.07) is 5.80. The van der Waals surface area contributed by atoms with Crippen LogP contribution in [-0.2, 0) is 25.6 Å². The molecule has 38 heavy (non-hydrogen) atoms. The maximum Gasteiger partial charge on any atom is 0.243 e. The van der Waals surface area contributed by atoms with Crippen molar-refractivity contribution in [2.75, 3.05) is 19.6 Å². The molecule has 0 fully saturated rings. The number of hydrogen-bond acceptors (Lipinski definition) is 8. The average Bonchev–Trinajstić information content (AvgIpc) is 2.92. The van der Waals surface area contributed by atoms with Gasteiger partial charge in [-0.2, -0.15) is 0 Å². The number of benzene rings is 1. The molecular formula is C27H46N7O4. The first-order valence-corrected chi connectivity index (χ1v) is 13.5. The van der Waals surface area contributed by atoms with Crippen LogP contribution in [0.2, 0.25) is 0 Å². The highest BCUT2D eigenvalue weighted by Gasteiger charge is 2.29. The van der Waals surface area contributed by atoms with Gasteiger partial charge < -0.3 is 38.9 Å². The van der Waals surface area contributed by atoms with Gasteiger partial charge in [0.25, 0.3) is 0 Å². The number of hydrogen-bond donors (Lipinski definition) is 7. The number of nitrogens with one attached hydrogen (secondary N) is 3. The molecule has 0 spiro atoms. The Hall–Kier alpha value is -2.86. The van der Waals surface area contributed by atoms with Crippen LogP contribution in [0.1, 0.15) is 63.4 Å². The molecule has 0 unspecified atom stereocenters. The van der Waals surface area contributed by atoms with E-state index in [1.165, 1.54) is 0 Å². The van der Waals surface area contributed by atoms with Crippen LogP contribution >= 0.6 is 0 Å². The lowest BCUT2D eigenvalue weighted by atomic mass is 10.0. The largest absolute Gasteiger partial charge is 0.344 e. The van der Waals surface area contributed by atoms with E-state index in [1.54, 1.807) is 0 Å². The van der Waals surface area contributed by atoms with Crippen molar-refractivity contribution in [2.24, 2.45) is 22.9 Å². The fourth-order valence-electron chi connectivity index (χ4n) is 3.94. The van der Waals surface area contributed by atoms with Gasteiger partial charge in [-0.15, -0.1) is 0 Å². The summed E-state index contributed by atoms with van der Waals surface area (Å²) in [5, 5.41) is 8.20. The van der Waals surface area contributed by atoms with Gasteiger partial charge in [-0.25, -0.2) is 0 Å². The highest BCUT2D eigenvalue weighted by atomic mass is 16.2. The molecular weight excluding hydrogens is 486 g/mol. The predicted molar refractivity (Wildman–Crippen MR) is 148 cm³/mol. The zero-order valence-electron chi connectivity index (χ0n) is 22.3. The van der Waals surface area contributed by atoms with Crippen LogP contribution in [0, 0.1) is 0 Å². The number of amides is 3. The molecule has 1 rings (SSSR count). The van der Waals surface area contributed by atoms with Crippen LogP contribution < -0.4 is 38.9 Å². The second-order valence-corrected chi connectivity index (χ2v) is 9.45. The van der Waals surface area contributed by atoms with E-state index in [4.69, 9.17) is 22.9 Å². The van der Waals surface area contributed by atoms with Crippen LogP contribution in [0.5, 0.6) is 0 Å². The van der Waals surface area contributed by atoms with Crippen molar-refractivity contribution in [1.29, 1.82) is 0 Å². The van der Waals surface area contributed by atoms with Crippen LogP contribution in [0.4, 0.5) is 0 Å². The molecule has 0 aliphatic carbocycles. The van der Waals surface area contributed by atoms with Gasteiger partial charge in [0.1, 0.15) is 12.1 Å².